The zero-order valence-electron chi connectivity index (χ0n) is 28.4. The zero-order valence-corrected chi connectivity index (χ0v) is 28.4. The summed E-state index contributed by atoms with van der Waals surface area (Å²) in [6, 6.07) is 34.4. The molecule has 1 aromatic heterocycles. The minimum Gasteiger partial charge on any atom is -0.497 e. The van der Waals surface area contributed by atoms with Gasteiger partial charge in [0, 0.05) is 12.3 Å². The number of ether oxygens (including phenoxy) is 5. The Morgan fingerprint density at radius 2 is 1.40 bits per heavy atom. The van der Waals surface area contributed by atoms with Crippen LogP contribution in [0.4, 0.5) is 0 Å². The first-order chi connectivity index (χ1) is 25.3. The maximum Gasteiger partial charge on any atom is 0.330 e. The summed E-state index contributed by atoms with van der Waals surface area (Å²) in [5, 5.41) is 13.0. The van der Waals surface area contributed by atoms with E-state index < -0.39 is 46.8 Å². The molecule has 7 rings (SSSR count). The molecule has 2 aliphatic heterocycles. The molecule has 13 nitrogen and oxygen atoms in total. The molecule has 2 N–H and O–H groups in total. The molecule has 4 aromatic carbocycles. The van der Waals surface area contributed by atoms with Gasteiger partial charge in [-0.05, 0) is 53.1 Å². The van der Waals surface area contributed by atoms with Crippen molar-refractivity contribution in [2.24, 2.45) is 0 Å². The third kappa shape index (κ3) is 6.46. The zero-order chi connectivity index (χ0) is 36.3. The van der Waals surface area contributed by atoms with Crippen molar-refractivity contribution in [3.63, 3.8) is 0 Å². The van der Waals surface area contributed by atoms with Crippen LogP contribution in [0.1, 0.15) is 22.9 Å². The van der Waals surface area contributed by atoms with Gasteiger partial charge in [-0.25, -0.2) is 9.86 Å². The number of nitrogens with one attached hydrogen (secondary N) is 1. The van der Waals surface area contributed by atoms with Crippen molar-refractivity contribution < 1.29 is 38.4 Å². The van der Waals surface area contributed by atoms with Crippen molar-refractivity contribution in [1.29, 1.82) is 0 Å². The summed E-state index contributed by atoms with van der Waals surface area (Å²) in [4.78, 5) is 46.9. The highest BCUT2D eigenvalue weighted by molar-refractivity contribution is 5.77. The van der Waals surface area contributed by atoms with E-state index in [1.807, 2.05) is 84.9 Å². The van der Waals surface area contributed by atoms with Crippen LogP contribution in [0.3, 0.4) is 0 Å². The number of hydrogen-bond acceptors (Lipinski definition) is 10. The Morgan fingerprint density at radius 3 is 1.98 bits per heavy atom. The highest BCUT2D eigenvalue weighted by atomic mass is 16.7. The van der Waals surface area contributed by atoms with Crippen LogP contribution in [0, 0.1) is 0 Å². The first-order valence-electron chi connectivity index (χ1n) is 16.6. The highest BCUT2D eigenvalue weighted by Gasteiger charge is 2.63. The Kier molecular flexibility index (Phi) is 9.67. The topological polar surface area (TPSA) is 151 Å². The van der Waals surface area contributed by atoms with Gasteiger partial charge in [0.25, 0.3) is 11.5 Å². The van der Waals surface area contributed by atoms with Crippen molar-refractivity contribution in [3.8, 4) is 17.2 Å². The number of fused-ring (bicyclic) bond motifs is 2. The molecule has 4 unspecified atom stereocenters. The fourth-order valence-electron chi connectivity index (χ4n) is 6.69. The normalized spacial score (nSPS) is 21.1. The van der Waals surface area contributed by atoms with E-state index in [0.717, 1.165) is 32.4 Å². The number of aliphatic hydroxyl groups excluding tert-OH is 1. The lowest BCUT2D eigenvalue weighted by Crippen LogP contribution is -2.62. The van der Waals surface area contributed by atoms with Gasteiger partial charge >= 0.3 is 5.69 Å². The third-order valence-electron chi connectivity index (χ3n) is 9.36. The molecular formula is C39H37N3O10. The molecule has 52 heavy (non-hydrogen) atoms. The van der Waals surface area contributed by atoms with Gasteiger partial charge < -0.3 is 28.8 Å². The summed E-state index contributed by atoms with van der Waals surface area (Å²) in [6.45, 7) is -0.954. The summed E-state index contributed by atoms with van der Waals surface area (Å²) < 4.78 is 31.5. The fraction of sp³-hybridized carbons (Fsp3) is 0.256. The van der Waals surface area contributed by atoms with Gasteiger partial charge in [0.2, 0.25) is 0 Å². The largest absolute Gasteiger partial charge is 0.497 e. The van der Waals surface area contributed by atoms with Gasteiger partial charge in [0.1, 0.15) is 34.6 Å². The van der Waals surface area contributed by atoms with Gasteiger partial charge in [0.15, 0.2) is 18.9 Å². The first-order valence-corrected chi connectivity index (χ1v) is 16.6. The molecule has 0 aliphatic carbocycles. The molecule has 1 amide bonds. The van der Waals surface area contributed by atoms with Crippen LogP contribution in [-0.2, 0) is 24.7 Å². The van der Waals surface area contributed by atoms with Crippen LogP contribution < -0.4 is 25.5 Å². The SMILES string of the molecule is COc1ccc(C(OCC23CN(C(=O)COc4ccccc4)OC(C(n4ccc(=O)[nH]c4=O)O2)C3O)(c2ccccc2)c2ccc(OC)cc2)cc1. The molecule has 4 atom stereocenters. The number of amides is 1. The van der Waals surface area contributed by atoms with E-state index in [-0.39, 0.29) is 19.8 Å². The first kappa shape index (κ1) is 34.7. The smallest absolute Gasteiger partial charge is 0.330 e. The number of hydroxylamine groups is 2. The second-order valence-corrected chi connectivity index (χ2v) is 12.4. The van der Waals surface area contributed by atoms with Crippen LogP contribution >= 0.6 is 0 Å². The molecule has 3 heterocycles. The lowest BCUT2D eigenvalue weighted by Gasteiger charge is -2.43. The van der Waals surface area contributed by atoms with E-state index in [9.17, 15) is 19.5 Å². The average Bonchev–Trinajstić information content (AvgIpc) is 3.32. The Balaban J connectivity index is 1.31. The minimum atomic E-state index is -1.63. The number of methoxy groups -OCH3 is 2. The number of H-pyrrole nitrogens is 1. The molecule has 0 spiro atoms. The summed E-state index contributed by atoms with van der Waals surface area (Å²) in [7, 11) is 3.17. The van der Waals surface area contributed by atoms with Crippen LogP contribution in [0.5, 0.6) is 17.2 Å². The molecular weight excluding hydrogens is 670 g/mol. The second kappa shape index (κ2) is 14.5. The number of hydrogen-bond donors (Lipinski definition) is 2. The van der Waals surface area contributed by atoms with Crippen molar-refractivity contribution in [2.45, 2.75) is 29.6 Å². The Labute approximate surface area is 298 Å². The highest BCUT2D eigenvalue weighted by Crippen LogP contribution is 2.47. The molecule has 268 valence electrons. The number of para-hydroxylation sites is 1. The molecule has 13 heteroatoms. The van der Waals surface area contributed by atoms with E-state index >= 15 is 0 Å². The average molecular weight is 708 g/mol. The Hall–Kier alpha value is -5.73. The molecule has 0 saturated carbocycles. The Morgan fingerprint density at radius 1 is 0.827 bits per heavy atom. The van der Waals surface area contributed by atoms with Gasteiger partial charge in [-0.15, -0.1) is 0 Å². The van der Waals surface area contributed by atoms with Crippen molar-refractivity contribution in [2.75, 3.05) is 34.0 Å². The van der Waals surface area contributed by atoms with Crippen molar-refractivity contribution in [1.82, 2.24) is 14.6 Å². The maximum absolute atomic E-state index is 13.6. The monoisotopic (exact) mass is 707 g/mol. The standard InChI is InChI=1S/C39H37N3O10/c1-47-29-17-13-27(14-18-29)39(26-9-5-3-6-10-26,28-15-19-30(48-2)20-16-28)50-25-38-24-42(33(44)23-49-31-11-7-4-8-12-31)52-34(35(38)45)36(51-38)41-22-21-32(43)40-37(41)46/h3-22,34-36,45H,23-25H2,1-2H3,(H,40,43,46). The van der Waals surface area contributed by atoms with Crippen molar-refractivity contribution >= 4 is 5.91 Å². The van der Waals surface area contributed by atoms with Crippen LogP contribution in [-0.4, -0.2) is 77.4 Å². The lowest BCUT2D eigenvalue weighted by atomic mass is 9.79. The molecule has 0 radical (unpaired) electrons. The predicted octanol–water partition coefficient (Wildman–Crippen LogP) is 3.41. The summed E-state index contributed by atoms with van der Waals surface area (Å²) in [5.41, 5.74) is -2.10. The number of aromatic amines is 1. The van der Waals surface area contributed by atoms with E-state index in [0.29, 0.717) is 17.2 Å². The minimum absolute atomic E-state index is 0.285. The van der Waals surface area contributed by atoms with Gasteiger partial charge in [-0.1, -0.05) is 72.8 Å². The van der Waals surface area contributed by atoms with Gasteiger partial charge in [-0.3, -0.25) is 24.0 Å². The van der Waals surface area contributed by atoms with Gasteiger partial charge in [-0.2, -0.15) is 0 Å². The number of benzene rings is 4. The summed E-state index contributed by atoms with van der Waals surface area (Å²) >= 11 is 0. The number of carbonyl (C=O) groups excluding carboxylic acids is 1. The van der Waals surface area contributed by atoms with Crippen molar-refractivity contribution in [3.05, 3.63) is 159 Å². The number of rotatable bonds is 12. The van der Waals surface area contributed by atoms with E-state index in [2.05, 4.69) is 4.98 Å². The Bertz CT molecular complexity index is 2060. The molecule has 2 aliphatic rings. The molecule has 5 aromatic rings. The predicted molar refractivity (Wildman–Crippen MR) is 187 cm³/mol. The summed E-state index contributed by atoms with van der Waals surface area (Å²) in [6.07, 6.45) is -2.64. The van der Waals surface area contributed by atoms with E-state index in [4.69, 9.17) is 28.5 Å². The molecule has 2 bridgehead atoms. The maximum atomic E-state index is 13.6. The number of nitrogens with zero attached hydrogens (tertiary/aromatic N) is 2. The summed E-state index contributed by atoms with van der Waals surface area (Å²) in [5.74, 6) is 1.21. The van der Waals surface area contributed by atoms with E-state index in [1.165, 1.54) is 6.20 Å². The molecule has 2 saturated heterocycles. The third-order valence-corrected chi connectivity index (χ3v) is 9.36. The quantitative estimate of drug-likeness (QED) is 0.185. The van der Waals surface area contributed by atoms with Crippen LogP contribution in [0.15, 0.2) is 131 Å². The fourth-order valence-corrected chi connectivity index (χ4v) is 6.69. The molecule has 2 fully saturated rings. The number of aromatic nitrogens is 2. The second-order valence-electron chi connectivity index (χ2n) is 12.4. The van der Waals surface area contributed by atoms with Crippen LogP contribution in [0.25, 0.3) is 0 Å². The number of aliphatic hydroxyl groups is 1. The van der Waals surface area contributed by atoms with Gasteiger partial charge in [0.05, 0.1) is 27.4 Å². The van der Waals surface area contributed by atoms with E-state index in [1.54, 1.807) is 38.5 Å². The lowest BCUT2D eigenvalue weighted by molar-refractivity contribution is -0.264. The van der Waals surface area contributed by atoms with Crippen LogP contribution in [0.2, 0.25) is 0 Å². The number of carbonyl (C=O) groups is 1.